The number of hydrogen-bond donors (Lipinski definition) is 0. The van der Waals surface area contributed by atoms with Crippen LogP contribution in [0.15, 0.2) is 30.5 Å². The second-order valence-corrected chi connectivity index (χ2v) is 6.45. The maximum Gasteiger partial charge on any atom is 0.0450 e. The van der Waals surface area contributed by atoms with Crippen LogP contribution in [-0.2, 0) is 5.41 Å². The quantitative estimate of drug-likeness (QED) is 0.695. The minimum Gasteiger partial charge on any atom is -0.346 e. The highest BCUT2D eigenvalue weighted by Crippen LogP contribution is 2.39. The summed E-state index contributed by atoms with van der Waals surface area (Å²) in [6.45, 7) is 9.00. The van der Waals surface area contributed by atoms with Gasteiger partial charge >= 0.3 is 0 Å². The third-order valence-electron chi connectivity index (χ3n) is 3.14. The molecule has 86 valence electrons. The molecule has 0 spiro atoms. The SMILES string of the molecule is CC(C)N1C=CC(C)(C)c2cc(I)ccc21. The number of rotatable bonds is 1. The summed E-state index contributed by atoms with van der Waals surface area (Å²) in [7, 11) is 0. The van der Waals surface area contributed by atoms with Crippen LogP contribution in [0, 0.1) is 3.57 Å². The van der Waals surface area contributed by atoms with E-state index in [0.717, 1.165) is 0 Å². The van der Waals surface area contributed by atoms with E-state index in [1.54, 1.807) is 0 Å². The number of benzene rings is 1. The summed E-state index contributed by atoms with van der Waals surface area (Å²) >= 11 is 2.38. The predicted octanol–water partition coefficient (Wildman–Crippen LogP) is 4.31. The molecule has 0 N–H and O–H groups in total. The summed E-state index contributed by atoms with van der Waals surface area (Å²) < 4.78 is 1.31. The molecule has 16 heavy (non-hydrogen) atoms. The Hall–Kier alpha value is -0.510. The molecule has 1 nitrogen and oxygen atoms in total. The molecule has 0 unspecified atom stereocenters. The standard InChI is InChI=1S/C14H18IN/c1-10(2)16-8-7-14(3,4)12-9-11(15)5-6-13(12)16/h5-10H,1-4H3. The molecular weight excluding hydrogens is 309 g/mol. The molecule has 0 bridgehead atoms. The zero-order valence-corrected chi connectivity index (χ0v) is 12.4. The number of fused-ring (bicyclic) bond motifs is 1. The van der Waals surface area contributed by atoms with Crippen LogP contribution in [0.5, 0.6) is 0 Å². The van der Waals surface area contributed by atoms with Gasteiger partial charge in [-0.2, -0.15) is 0 Å². The lowest BCUT2D eigenvalue weighted by Gasteiger charge is -2.37. The number of allylic oxidation sites excluding steroid dienone is 1. The van der Waals surface area contributed by atoms with Gasteiger partial charge in [-0.25, -0.2) is 0 Å². The fourth-order valence-corrected chi connectivity index (χ4v) is 2.63. The Labute approximate surface area is 112 Å². The molecule has 1 aromatic rings. The largest absolute Gasteiger partial charge is 0.346 e. The smallest absolute Gasteiger partial charge is 0.0450 e. The van der Waals surface area contributed by atoms with E-state index >= 15 is 0 Å². The van der Waals surface area contributed by atoms with Gasteiger partial charge in [-0.1, -0.05) is 19.9 Å². The summed E-state index contributed by atoms with van der Waals surface area (Å²) in [5.41, 5.74) is 2.92. The molecular formula is C14H18IN. The lowest BCUT2D eigenvalue weighted by Crippen LogP contribution is -2.32. The molecule has 1 aromatic carbocycles. The van der Waals surface area contributed by atoms with Crippen molar-refractivity contribution in [3.05, 3.63) is 39.6 Å². The number of hydrogen-bond acceptors (Lipinski definition) is 1. The first-order valence-electron chi connectivity index (χ1n) is 5.69. The minimum atomic E-state index is 0.141. The van der Waals surface area contributed by atoms with Gasteiger partial charge in [-0.15, -0.1) is 0 Å². The van der Waals surface area contributed by atoms with Gasteiger partial charge in [-0.3, -0.25) is 0 Å². The number of anilines is 1. The van der Waals surface area contributed by atoms with Crippen LogP contribution in [0.4, 0.5) is 5.69 Å². The Bertz CT molecular complexity index is 432. The van der Waals surface area contributed by atoms with Crippen LogP contribution in [0.25, 0.3) is 0 Å². The van der Waals surface area contributed by atoms with E-state index in [9.17, 15) is 0 Å². The molecule has 0 amide bonds. The minimum absolute atomic E-state index is 0.141. The molecule has 2 heteroatoms. The van der Waals surface area contributed by atoms with Gasteiger partial charge in [0.15, 0.2) is 0 Å². The van der Waals surface area contributed by atoms with Gasteiger partial charge < -0.3 is 4.90 Å². The zero-order chi connectivity index (χ0) is 11.9. The molecule has 0 fully saturated rings. The third-order valence-corrected chi connectivity index (χ3v) is 3.81. The summed E-state index contributed by atoms with van der Waals surface area (Å²) in [6, 6.07) is 7.23. The van der Waals surface area contributed by atoms with Crippen LogP contribution in [-0.4, -0.2) is 6.04 Å². The van der Waals surface area contributed by atoms with Crippen molar-refractivity contribution < 1.29 is 0 Å². The number of nitrogens with zero attached hydrogens (tertiary/aromatic N) is 1. The number of halogens is 1. The van der Waals surface area contributed by atoms with Crippen molar-refractivity contribution in [1.29, 1.82) is 0 Å². The summed E-state index contributed by atoms with van der Waals surface area (Å²) in [6.07, 6.45) is 4.52. The van der Waals surface area contributed by atoms with Crippen LogP contribution in [0.3, 0.4) is 0 Å². The molecule has 0 radical (unpaired) electrons. The second kappa shape index (κ2) is 4.06. The topological polar surface area (TPSA) is 3.24 Å². The monoisotopic (exact) mass is 327 g/mol. The first-order valence-corrected chi connectivity index (χ1v) is 6.77. The first kappa shape index (κ1) is 12.0. The van der Waals surface area contributed by atoms with E-state index < -0.39 is 0 Å². The van der Waals surface area contributed by atoms with Crippen molar-refractivity contribution in [2.24, 2.45) is 0 Å². The van der Waals surface area contributed by atoms with Gasteiger partial charge in [0.2, 0.25) is 0 Å². The highest BCUT2D eigenvalue weighted by atomic mass is 127. The molecule has 0 saturated carbocycles. The van der Waals surface area contributed by atoms with E-state index in [2.05, 4.69) is 85.7 Å². The predicted molar refractivity (Wildman–Crippen MR) is 78.9 cm³/mol. The average molecular weight is 327 g/mol. The highest BCUT2D eigenvalue weighted by Gasteiger charge is 2.27. The molecule has 2 rings (SSSR count). The molecule has 1 aliphatic heterocycles. The Balaban J connectivity index is 2.59. The van der Waals surface area contributed by atoms with Crippen LogP contribution >= 0.6 is 22.6 Å². The van der Waals surface area contributed by atoms with Gasteiger partial charge in [0.05, 0.1) is 0 Å². The Kier molecular flexibility index (Phi) is 3.03. The fourth-order valence-electron chi connectivity index (χ4n) is 2.14. The van der Waals surface area contributed by atoms with Crippen LogP contribution < -0.4 is 4.90 Å². The summed E-state index contributed by atoms with van der Waals surface area (Å²) in [5.74, 6) is 0. The van der Waals surface area contributed by atoms with Crippen molar-refractivity contribution in [1.82, 2.24) is 0 Å². The second-order valence-electron chi connectivity index (χ2n) is 5.20. The maximum absolute atomic E-state index is 2.38. The third kappa shape index (κ3) is 1.99. The molecule has 0 aromatic heterocycles. The molecule has 1 heterocycles. The summed E-state index contributed by atoms with van der Waals surface area (Å²) in [5, 5.41) is 0. The Morgan fingerprint density at radius 1 is 1.25 bits per heavy atom. The Morgan fingerprint density at radius 2 is 1.94 bits per heavy atom. The highest BCUT2D eigenvalue weighted by molar-refractivity contribution is 14.1. The Morgan fingerprint density at radius 3 is 2.56 bits per heavy atom. The van der Waals surface area contributed by atoms with Gasteiger partial charge in [0.1, 0.15) is 0 Å². The normalized spacial score (nSPS) is 17.8. The first-order chi connectivity index (χ1) is 7.42. The molecule has 0 atom stereocenters. The van der Waals surface area contributed by atoms with E-state index in [0.29, 0.717) is 6.04 Å². The zero-order valence-electron chi connectivity index (χ0n) is 10.3. The van der Waals surface area contributed by atoms with Gasteiger partial charge in [0.25, 0.3) is 0 Å². The van der Waals surface area contributed by atoms with E-state index in [4.69, 9.17) is 0 Å². The lowest BCUT2D eigenvalue weighted by atomic mass is 9.81. The van der Waals surface area contributed by atoms with E-state index in [-0.39, 0.29) is 5.41 Å². The maximum atomic E-state index is 2.38. The van der Waals surface area contributed by atoms with Gasteiger partial charge in [0, 0.05) is 26.9 Å². The van der Waals surface area contributed by atoms with Gasteiger partial charge in [-0.05, 0) is 60.2 Å². The van der Waals surface area contributed by atoms with E-state index in [1.165, 1.54) is 14.8 Å². The molecule has 0 aliphatic carbocycles. The van der Waals surface area contributed by atoms with Crippen LogP contribution in [0.2, 0.25) is 0 Å². The van der Waals surface area contributed by atoms with Crippen molar-refractivity contribution in [3.63, 3.8) is 0 Å². The van der Waals surface area contributed by atoms with Crippen molar-refractivity contribution in [2.75, 3.05) is 4.90 Å². The van der Waals surface area contributed by atoms with Crippen molar-refractivity contribution in [3.8, 4) is 0 Å². The summed E-state index contributed by atoms with van der Waals surface area (Å²) in [4.78, 5) is 2.34. The molecule has 0 saturated heterocycles. The van der Waals surface area contributed by atoms with Crippen molar-refractivity contribution in [2.45, 2.75) is 39.2 Å². The fraction of sp³-hybridized carbons (Fsp3) is 0.429. The average Bonchev–Trinajstić information content (AvgIpc) is 2.18. The lowest BCUT2D eigenvalue weighted by molar-refractivity contribution is 0.636. The van der Waals surface area contributed by atoms with Crippen LogP contribution in [0.1, 0.15) is 33.3 Å². The van der Waals surface area contributed by atoms with E-state index in [1.807, 2.05) is 0 Å². The van der Waals surface area contributed by atoms with Crippen molar-refractivity contribution >= 4 is 28.3 Å². The molecule has 1 aliphatic rings.